The van der Waals surface area contributed by atoms with Crippen LogP contribution in [0.4, 0.5) is 10.1 Å². The Kier molecular flexibility index (Phi) is 4.17. The Morgan fingerprint density at radius 1 is 1.53 bits per heavy atom. The number of carboxylic acid groups (broad SMARTS) is 1. The first-order chi connectivity index (χ1) is 7.95. The van der Waals surface area contributed by atoms with Crippen molar-refractivity contribution in [1.29, 1.82) is 0 Å². The van der Waals surface area contributed by atoms with E-state index in [1.165, 1.54) is 6.07 Å². The number of carboxylic acids is 1. The lowest BCUT2D eigenvalue weighted by molar-refractivity contribution is -0.119. The molecule has 4 N–H and O–H groups in total. The lowest BCUT2D eigenvalue weighted by Gasteiger charge is -2.10. The first-order valence-corrected chi connectivity index (χ1v) is 4.99. The van der Waals surface area contributed by atoms with Gasteiger partial charge >= 0.3 is 5.97 Å². The Morgan fingerprint density at radius 3 is 2.71 bits per heavy atom. The number of aromatic carboxylic acids is 1. The lowest BCUT2D eigenvalue weighted by atomic mass is 10.1. The highest BCUT2D eigenvalue weighted by Crippen LogP contribution is 2.15. The van der Waals surface area contributed by atoms with Crippen LogP contribution in [-0.4, -0.2) is 23.5 Å². The van der Waals surface area contributed by atoms with Gasteiger partial charge in [0.25, 0.3) is 0 Å². The number of hydrogen-bond donors (Lipinski definition) is 3. The van der Waals surface area contributed by atoms with Gasteiger partial charge in [-0.25, -0.2) is 9.18 Å². The fourth-order valence-corrected chi connectivity index (χ4v) is 1.14. The second-order valence-electron chi connectivity index (χ2n) is 3.63. The highest BCUT2D eigenvalue weighted by Gasteiger charge is 2.14. The second-order valence-corrected chi connectivity index (χ2v) is 3.63. The van der Waals surface area contributed by atoms with Crippen LogP contribution in [0.1, 0.15) is 17.3 Å². The molecule has 92 valence electrons. The van der Waals surface area contributed by atoms with Crippen LogP contribution >= 0.6 is 0 Å². The minimum absolute atomic E-state index is 0.179. The van der Waals surface area contributed by atoms with Crippen LogP contribution in [0.25, 0.3) is 0 Å². The summed E-state index contributed by atoms with van der Waals surface area (Å²) < 4.78 is 13.1. The van der Waals surface area contributed by atoms with Gasteiger partial charge in [-0.2, -0.15) is 0 Å². The Labute approximate surface area is 97.4 Å². The monoisotopic (exact) mass is 240 g/mol. The molecular formula is C11H13FN2O3. The maximum Gasteiger partial charge on any atom is 0.338 e. The van der Waals surface area contributed by atoms with E-state index in [1.807, 2.05) is 0 Å². The number of anilines is 1. The largest absolute Gasteiger partial charge is 0.478 e. The molecule has 1 aromatic rings. The zero-order valence-electron chi connectivity index (χ0n) is 9.24. The summed E-state index contributed by atoms with van der Waals surface area (Å²) in [7, 11) is 0. The molecule has 0 bridgehead atoms. The average Bonchev–Trinajstić information content (AvgIpc) is 2.30. The third-order valence-electron chi connectivity index (χ3n) is 2.27. The normalized spacial score (nSPS) is 11.9. The molecule has 0 aliphatic rings. The molecule has 1 amide bonds. The highest BCUT2D eigenvalue weighted by atomic mass is 19.1. The molecule has 1 atom stereocenters. The molecule has 0 aromatic heterocycles. The van der Waals surface area contributed by atoms with Gasteiger partial charge in [-0.1, -0.05) is 6.92 Å². The van der Waals surface area contributed by atoms with Gasteiger partial charge in [-0.3, -0.25) is 4.79 Å². The van der Waals surface area contributed by atoms with Gasteiger partial charge < -0.3 is 16.2 Å². The molecule has 0 aliphatic heterocycles. The molecule has 0 aliphatic carbocycles. The van der Waals surface area contributed by atoms with Crippen LogP contribution in [-0.2, 0) is 4.79 Å². The first kappa shape index (κ1) is 13.1. The van der Waals surface area contributed by atoms with Crippen molar-refractivity contribution in [2.75, 3.05) is 11.9 Å². The number of rotatable bonds is 4. The minimum Gasteiger partial charge on any atom is -0.478 e. The summed E-state index contributed by atoms with van der Waals surface area (Å²) in [5.74, 6) is -2.96. The zero-order chi connectivity index (χ0) is 13.0. The van der Waals surface area contributed by atoms with Crippen LogP contribution in [0.3, 0.4) is 0 Å². The van der Waals surface area contributed by atoms with Gasteiger partial charge in [-0.15, -0.1) is 0 Å². The molecule has 1 unspecified atom stereocenters. The molecule has 1 rings (SSSR count). The molecule has 5 nitrogen and oxygen atoms in total. The van der Waals surface area contributed by atoms with Crippen molar-refractivity contribution < 1.29 is 19.1 Å². The maximum atomic E-state index is 13.1. The van der Waals surface area contributed by atoms with Crippen molar-refractivity contribution in [3.63, 3.8) is 0 Å². The lowest BCUT2D eigenvalue weighted by Crippen LogP contribution is -2.26. The summed E-state index contributed by atoms with van der Waals surface area (Å²) in [4.78, 5) is 22.2. The van der Waals surface area contributed by atoms with Crippen molar-refractivity contribution in [3.05, 3.63) is 29.6 Å². The smallest absolute Gasteiger partial charge is 0.338 e. The molecule has 0 fully saturated rings. The Balaban J connectivity index is 2.90. The minimum atomic E-state index is -1.38. The molecule has 0 spiro atoms. The second kappa shape index (κ2) is 5.40. The van der Waals surface area contributed by atoms with Crippen molar-refractivity contribution in [3.8, 4) is 0 Å². The van der Waals surface area contributed by atoms with E-state index in [0.717, 1.165) is 12.1 Å². The third kappa shape index (κ3) is 3.25. The molecule has 0 radical (unpaired) electrons. The Hall–Kier alpha value is -1.95. The topological polar surface area (TPSA) is 92.4 Å². The number of hydrogen-bond acceptors (Lipinski definition) is 3. The van der Waals surface area contributed by atoms with Gasteiger partial charge in [-0.05, 0) is 18.2 Å². The SMILES string of the molecule is CC(CN)C(=O)Nc1ccc(F)c(C(=O)O)c1. The summed E-state index contributed by atoms with van der Waals surface area (Å²) in [5.41, 5.74) is 5.06. The molecular weight excluding hydrogens is 227 g/mol. The van der Waals surface area contributed by atoms with Gasteiger partial charge in [0.2, 0.25) is 5.91 Å². The van der Waals surface area contributed by atoms with Gasteiger partial charge in [0, 0.05) is 18.2 Å². The molecule has 1 aromatic carbocycles. The fourth-order valence-electron chi connectivity index (χ4n) is 1.14. The summed E-state index contributed by atoms with van der Waals surface area (Å²) in [5, 5.41) is 11.2. The molecule has 17 heavy (non-hydrogen) atoms. The van der Waals surface area contributed by atoms with Crippen LogP contribution in [0, 0.1) is 11.7 Å². The van der Waals surface area contributed by atoms with Crippen LogP contribution in [0.2, 0.25) is 0 Å². The van der Waals surface area contributed by atoms with Crippen molar-refractivity contribution in [1.82, 2.24) is 0 Å². The zero-order valence-corrected chi connectivity index (χ0v) is 9.24. The van der Waals surface area contributed by atoms with E-state index in [4.69, 9.17) is 10.8 Å². The number of carbonyl (C=O) groups excluding carboxylic acids is 1. The summed E-state index contributed by atoms with van der Waals surface area (Å²) in [6, 6.07) is 3.36. The Bertz CT molecular complexity index is 448. The van der Waals surface area contributed by atoms with Gasteiger partial charge in [0.1, 0.15) is 5.82 Å². The highest BCUT2D eigenvalue weighted by molar-refractivity contribution is 5.95. The number of amides is 1. The predicted molar refractivity (Wildman–Crippen MR) is 60.2 cm³/mol. The van der Waals surface area contributed by atoms with Gasteiger partial charge in [0.15, 0.2) is 0 Å². The van der Waals surface area contributed by atoms with E-state index in [-0.39, 0.29) is 18.1 Å². The van der Waals surface area contributed by atoms with Gasteiger partial charge in [0.05, 0.1) is 5.56 Å². The van der Waals surface area contributed by atoms with E-state index < -0.39 is 23.3 Å². The van der Waals surface area contributed by atoms with Crippen molar-refractivity contribution in [2.24, 2.45) is 11.7 Å². The maximum absolute atomic E-state index is 13.1. The molecule has 0 heterocycles. The van der Waals surface area contributed by atoms with Crippen molar-refractivity contribution in [2.45, 2.75) is 6.92 Å². The average molecular weight is 240 g/mol. The first-order valence-electron chi connectivity index (χ1n) is 4.99. The standard InChI is InChI=1S/C11H13FN2O3/c1-6(5-13)10(15)14-7-2-3-9(12)8(4-7)11(16)17/h2-4,6H,5,13H2,1H3,(H,14,15)(H,16,17). The molecule has 6 heteroatoms. The van der Waals surface area contributed by atoms with E-state index >= 15 is 0 Å². The van der Waals surface area contributed by atoms with E-state index in [9.17, 15) is 14.0 Å². The van der Waals surface area contributed by atoms with Crippen LogP contribution in [0.15, 0.2) is 18.2 Å². The third-order valence-corrected chi connectivity index (χ3v) is 2.27. The number of carbonyl (C=O) groups is 2. The van der Waals surface area contributed by atoms with Crippen molar-refractivity contribution >= 4 is 17.6 Å². The summed E-state index contributed by atoms with van der Waals surface area (Å²) in [6.45, 7) is 1.82. The molecule has 0 saturated carbocycles. The number of nitrogens with two attached hydrogens (primary N) is 1. The molecule has 0 saturated heterocycles. The summed E-state index contributed by atoms with van der Waals surface area (Å²) >= 11 is 0. The van der Waals surface area contributed by atoms with Crippen LogP contribution in [0.5, 0.6) is 0 Å². The van der Waals surface area contributed by atoms with E-state index in [0.29, 0.717) is 0 Å². The fraction of sp³-hybridized carbons (Fsp3) is 0.273. The van der Waals surface area contributed by atoms with Crippen LogP contribution < -0.4 is 11.1 Å². The quantitative estimate of drug-likeness (QED) is 0.733. The summed E-state index contributed by atoms with van der Waals surface area (Å²) in [6.07, 6.45) is 0. The number of halogens is 1. The Morgan fingerprint density at radius 2 is 2.18 bits per heavy atom. The number of benzene rings is 1. The van der Waals surface area contributed by atoms with E-state index in [2.05, 4.69) is 5.32 Å². The predicted octanol–water partition coefficient (Wildman–Crippen LogP) is 1.06. The van der Waals surface area contributed by atoms with E-state index in [1.54, 1.807) is 6.92 Å². The number of nitrogens with one attached hydrogen (secondary N) is 1.